The predicted molar refractivity (Wildman–Crippen MR) is 70.8 cm³/mol. The van der Waals surface area contributed by atoms with E-state index >= 15 is 0 Å². The van der Waals surface area contributed by atoms with Crippen molar-refractivity contribution in [1.82, 2.24) is 0 Å². The molecule has 98 valence electrons. The van der Waals surface area contributed by atoms with E-state index in [2.05, 4.69) is 13.0 Å². The summed E-state index contributed by atoms with van der Waals surface area (Å²) in [5, 5.41) is 0. The van der Waals surface area contributed by atoms with Crippen LogP contribution in [0.3, 0.4) is 0 Å². The maximum Gasteiger partial charge on any atom is 0.333 e. The second-order valence-electron chi connectivity index (χ2n) is 4.91. The zero-order valence-corrected chi connectivity index (χ0v) is 11.3. The van der Waals surface area contributed by atoms with Crippen molar-refractivity contribution in [3.63, 3.8) is 0 Å². The van der Waals surface area contributed by atoms with Crippen LogP contribution in [0.2, 0.25) is 0 Å². The van der Waals surface area contributed by atoms with Crippen LogP contribution in [0.5, 0.6) is 0 Å². The van der Waals surface area contributed by atoms with E-state index < -0.39 is 0 Å². The predicted octanol–water partition coefficient (Wildman–Crippen LogP) is 4.25. The van der Waals surface area contributed by atoms with Gasteiger partial charge in [-0.25, -0.2) is 4.79 Å². The Labute approximate surface area is 105 Å². The lowest BCUT2D eigenvalue weighted by Crippen LogP contribution is -2.11. The first kappa shape index (κ1) is 14.3. The molecule has 0 N–H and O–H groups in total. The van der Waals surface area contributed by atoms with Crippen LogP contribution >= 0.6 is 0 Å². The Hall–Kier alpha value is -0.790. The van der Waals surface area contributed by atoms with Gasteiger partial charge in [0.15, 0.2) is 0 Å². The zero-order chi connectivity index (χ0) is 12.5. The summed E-state index contributed by atoms with van der Waals surface area (Å²) in [7, 11) is 0. The summed E-state index contributed by atoms with van der Waals surface area (Å²) in [4.78, 5) is 11.8. The fraction of sp³-hybridized carbons (Fsp3) is 0.800. The number of carbonyl (C=O) groups excluding carboxylic acids is 1. The van der Waals surface area contributed by atoms with E-state index in [4.69, 9.17) is 4.74 Å². The Balaban J connectivity index is 2.58. The minimum atomic E-state index is -0.0912. The number of esters is 1. The molecule has 17 heavy (non-hydrogen) atoms. The summed E-state index contributed by atoms with van der Waals surface area (Å²) in [6, 6.07) is 0. The highest BCUT2D eigenvalue weighted by atomic mass is 16.5. The van der Waals surface area contributed by atoms with Crippen molar-refractivity contribution in [1.29, 1.82) is 0 Å². The molecule has 0 bridgehead atoms. The smallest absolute Gasteiger partial charge is 0.333 e. The molecule has 0 unspecified atom stereocenters. The third kappa shape index (κ3) is 5.38. The van der Waals surface area contributed by atoms with Crippen molar-refractivity contribution in [2.75, 3.05) is 6.61 Å². The van der Waals surface area contributed by atoms with Crippen LogP contribution in [0.25, 0.3) is 0 Å². The maximum atomic E-state index is 11.8. The summed E-state index contributed by atoms with van der Waals surface area (Å²) in [6.45, 7) is 4.51. The minimum absolute atomic E-state index is 0.0912. The van der Waals surface area contributed by atoms with E-state index in [1.54, 1.807) is 0 Å². The van der Waals surface area contributed by atoms with Crippen LogP contribution in [-0.4, -0.2) is 12.6 Å². The number of rotatable bonds is 6. The van der Waals surface area contributed by atoms with E-state index in [-0.39, 0.29) is 5.97 Å². The third-order valence-electron chi connectivity index (χ3n) is 3.42. The molecule has 1 aliphatic carbocycles. The summed E-state index contributed by atoms with van der Waals surface area (Å²) < 4.78 is 5.14. The lowest BCUT2D eigenvalue weighted by molar-refractivity contribution is -0.138. The third-order valence-corrected chi connectivity index (χ3v) is 3.42. The first-order chi connectivity index (χ1) is 8.27. The minimum Gasteiger partial charge on any atom is -0.463 e. The molecule has 0 spiro atoms. The molecule has 0 aromatic rings. The molecule has 0 atom stereocenters. The van der Waals surface area contributed by atoms with Gasteiger partial charge in [-0.15, -0.1) is 0 Å². The molecule has 0 aromatic heterocycles. The van der Waals surface area contributed by atoms with Crippen LogP contribution in [0.1, 0.15) is 65.2 Å². The van der Waals surface area contributed by atoms with Crippen molar-refractivity contribution < 1.29 is 9.53 Å². The van der Waals surface area contributed by atoms with Crippen molar-refractivity contribution in [2.24, 2.45) is 5.92 Å². The molecule has 0 aliphatic heterocycles. The van der Waals surface area contributed by atoms with Gasteiger partial charge in [-0.05, 0) is 38.5 Å². The van der Waals surface area contributed by atoms with Gasteiger partial charge in [0.25, 0.3) is 0 Å². The number of unbranched alkanes of at least 4 members (excludes halogenated alkanes) is 1. The van der Waals surface area contributed by atoms with Gasteiger partial charge in [0.05, 0.1) is 6.61 Å². The van der Waals surface area contributed by atoms with Gasteiger partial charge in [-0.2, -0.15) is 0 Å². The summed E-state index contributed by atoms with van der Waals surface area (Å²) in [6.07, 6.45) is 11.8. The van der Waals surface area contributed by atoms with Gasteiger partial charge in [-0.1, -0.05) is 38.7 Å². The van der Waals surface area contributed by atoms with E-state index in [0.29, 0.717) is 12.5 Å². The molecule has 0 radical (unpaired) electrons. The first-order valence-corrected chi connectivity index (χ1v) is 7.15. The summed E-state index contributed by atoms with van der Waals surface area (Å²) in [5.41, 5.74) is 0.917. The van der Waals surface area contributed by atoms with Gasteiger partial charge < -0.3 is 4.74 Å². The second-order valence-corrected chi connectivity index (χ2v) is 4.91. The Kier molecular flexibility index (Phi) is 6.99. The second kappa shape index (κ2) is 8.32. The van der Waals surface area contributed by atoms with Gasteiger partial charge in [0, 0.05) is 5.57 Å². The Morgan fingerprint density at radius 1 is 1.24 bits per heavy atom. The Bertz CT molecular complexity index is 250. The average Bonchev–Trinajstić information content (AvgIpc) is 2.36. The SMILES string of the molecule is CCCC/C(=C/C1CCCCC1)C(=O)OCC. The standard InChI is InChI=1S/C15H26O2/c1-3-5-11-14(15(16)17-4-2)12-13-9-7-6-8-10-13/h12-13H,3-11H2,1-2H3/b14-12-. The van der Waals surface area contributed by atoms with Gasteiger partial charge in [0.2, 0.25) is 0 Å². The Morgan fingerprint density at radius 2 is 1.94 bits per heavy atom. The van der Waals surface area contributed by atoms with Crippen molar-refractivity contribution in [3.8, 4) is 0 Å². The quantitative estimate of drug-likeness (QED) is 0.511. The van der Waals surface area contributed by atoms with Crippen LogP contribution in [0, 0.1) is 5.92 Å². The van der Waals surface area contributed by atoms with Crippen molar-refractivity contribution in [2.45, 2.75) is 65.2 Å². The van der Waals surface area contributed by atoms with Crippen LogP contribution < -0.4 is 0 Å². The lowest BCUT2D eigenvalue weighted by Gasteiger charge is -2.19. The molecule has 0 saturated heterocycles. The molecule has 2 nitrogen and oxygen atoms in total. The van der Waals surface area contributed by atoms with Crippen molar-refractivity contribution >= 4 is 5.97 Å². The van der Waals surface area contributed by atoms with E-state index in [1.165, 1.54) is 32.1 Å². The molecule has 1 aliphatic rings. The number of hydrogen-bond donors (Lipinski definition) is 0. The average molecular weight is 238 g/mol. The van der Waals surface area contributed by atoms with E-state index in [0.717, 1.165) is 24.8 Å². The number of hydrogen-bond acceptors (Lipinski definition) is 2. The van der Waals surface area contributed by atoms with Crippen LogP contribution in [-0.2, 0) is 9.53 Å². The molecule has 1 rings (SSSR count). The fourth-order valence-corrected chi connectivity index (χ4v) is 2.43. The van der Waals surface area contributed by atoms with E-state index in [9.17, 15) is 4.79 Å². The topological polar surface area (TPSA) is 26.3 Å². The fourth-order valence-electron chi connectivity index (χ4n) is 2.43. The first-order valence-electron chi connectivity index (χ1n) is 7.15. The normalized spacial score (nSPS) is 18.1. The number of allylic oxidation sites excluding steroid dienone is 1. The molecule has 1 fully saturated rings. The van der Waals surface area contributed by atoms with Crippen molar-refractivity contribution in [3.05, 3.63) is 11.6 Å². The molecule has 0 aromatic carbocycles. The Morgan fingerprint density at radius 3 is 2.53 bits per heavy atom. The van der Waals surface area contributed by atoms with Crippen LogP contribution in [0.4, 0.5) is 0 Å². The monoisotopic (exact) mass is 238 g/mol. The number of ether oxygens (including phenoxy) is 1. The molecular formula is C15H26O2. The molecule has 1 saturated carbocycles. The summed E-state index contributed by atoms with van der Waals surface area (Å²) in [5.74, 6) is 0.520. The lowest BCUT2D eigenvalue weighted by atomic mass is 9.87. The highest BCUT2D eigenvalue weighted by molar-refractivity contribution is 5.88. The van der Waals surface area contributed by atoms with Gasteiger partial charge >= 0.3 is 5.97 Å². The zero-order valence-electron chi connectivity index (χ0n) is 11.3. The highest BCUT2D eigenvalue weighted by Gasteiger charge is 2.16. The van der Waals surface area contributed by atoms with E-state index in [1.807, 2.05) is 6.92 Å². The van der Waals surface area contributed by atoms with Crippen LogP contribution in [0.15, 0.2) is 11.6 Å². The van der Waals surface area contributed by atoms with Gasteiger partial charge in [0.1, 0.15) is 0 Å². The maximum absolute atomic E-state index is 11.8. The number of carbonyl (C=O) groups is 1. The van der Waals surface area contributed by atoms with Gasteiger partial charge in [-0.3, -0.25) is 0 Å². The molecular weight excluding hydrogens is 212 g/mol. The highest BCUT2D eigenvalue weighted by Crippen LogP contribution is 2.26. The largest absolute Gasteiger partial charge is 0.463 e. The molecule has 0 heterocycles. The molecule has 2 heteroatoms. The summed E-state index contributed by atoms with van der Waals surface area (Å²) >= 11 is 0. The molecule has 0 amide bonds.